The molecule has 4 rings (SSSR count). The van der Waals surface area contributed by atoms with Gasteiger partial charge in [-0.25, -0.2) is 0 Å². The summed E-state index contributed by atoms with van der Waals surface area (Å²) in [6.45, 7) is 13.8. The molecule has 16 heteroatoms. The van der Waals surface area contributed by atoms with Gasteiger partial charge in [-0.05, 0) is 76.6 Å². The van der Waals surface area contributed by atoms with Crippen molar-refractivity contribution in [3.8, 4) is 23.9 Å². The summed E-state index contributed by atoms with van der Waals surface area (Å²) in [6, 6.07) is 17.6. The van der Waals surface area contributed by atoms with Gasteiger partial charge >= 0.3 is 0 Å². The summed E-state index contributed by atoms with van der Waals surface area (Å²) < 4.78 is 2.03. The molecule has 0 radical (unpaired) electrons. The molecule has 0 aliphatic rings. The van der Waals surface area contributed by atoms with E-state index in [0.29, 0.717) is 37.3 Å². The topological polar surface area (TPSA) is 222 Å². The molecule has 2 aromatic heterocycles. The maximum Gasteiger partial charge on any atom is 0.281 e. The first kappa shape index (κ1) is 57.6. The molecule has 0 unspecified atom stereocenters. The highest BCUT2D eigenvalue weighted by molar-refractivity contribution is 5.99. The zero-order valence-corrected chi connectivity index (χ0v) is 43.6. The van der Waals surface area contributed by atoms with Gasteiger partial charge in [0.25, 0.3) is 22.9 Å². The Morgan fingerprint density at radius 1 is 0.500 bits per heavy atom. The van der Waals surface area contributed by atoms with Crippen LogP contribution in [0.1, 0.15) is 186 Å². The van der Waals surface area contributed by atoms with E-state index in [9.17, 15) is 39.9 Å². The molecule has 386 valence electrons. The molecular formula is C56H76N10O6. The Hall–Kier alpha value is -6.94. The van der Waals surface area contributed by atoms with Crippen LogP contribution in [0.2, 0.25) is 0 Å². The van der Waals surface area contributed by atoms with E-state index in [0.717, 1.165) is 112 Å². The number of pyridine rings is 2. The fourth-order valence-electron chi connectivity index (χ4n) is 8.65. The number of carbonyl (C=O) groups excluding carboxylic acids is 2. The lowest BCUT2D eigenvalue weighted by atomic mass is 10.1. The number of aromatic nitrogens is 2. The number of benzene rings is 2. The van der Waals surface area contributed by atoms with Gasteiger partial charge in [-0.2, -0.15) is 10.5 Å². The lowest BCUT2D eigenvalue weighted by Crippen LogP contribution is -2.33. The van der Waals surface area contributed by atoms with Crippen molar-refractivity contribution in [2.45, 2.75) is 170 Å². The van der Waals surface area contributed by atoms with Gasteiger partial charge < -0.3 is 20.0 Å². The number of nitrogens with zero attached hydrogens (tertiary/aromatic N) is 10. The molecule has 16 nitrogen and oxygen atoms in total. The highest BCUT2D eigenvalue weighted by Gasteiger charge is 2.24. The van der Waals surface area contributed by atoms with Crippen LogP contribution in [0.5, 0.6) is 11.8 Å². The third kappa shape index (κ3) is 15.8. The smallest absolute Gasteiger partial charge is 0.281 e. The molecular weight excluding hydrogens is 909 g/mol. The van der Waals surface area contributed by atoms with Gasteiger partial charge in [-0.15, -0.1) is 20.5 Å². The minimum atomic E-state index is -0.718. The average molecular weight is 985 g/mol. The van der Waals surface area contributed by atoms with Gasteiger partial charge in [0, 0.05) is 50.4 Å². The summed E-state index contributed by atoms with van der Waals surface area (Å²) in [6.07, 6.45) is 16.6. The van der Waals surface area contributed by atoms with Crippen molar-refractivity contribution in [1.29, 1.82) is 10.5 Å². The summed E-state index contributed by atoms with van der Waals surface area (Å²) >= 11 is 0. The van der Waals surface area contributed by atoms with Crippen LogP contribution >= 0.6 is 0 Å². The molecule has 0 fully saturated rings. The number of nitriles is 2. The number of rotatable bonds is 31. The van der Waals surface area contributed by atoms with E-state index >= 15 is 0 Å². The van der Waals surface area contributed by atoms with Crippen LogP contribution in [-0.4, -0.2) is 67.1 Å². The monoisotopic (exact) mass is 985 g/mol. The molecule has 2 N–H and O–H groups in total. The van der Waals surface area contributed by atoms with E-state index in [1.165, 1.54) is 13.8 Å². The fraction of sp³-hybridized carbons (Fsp3) is 0.536. The van der Waals surface area contributed by atoms with Gasteiger partial charge in [-0.3, -0.25) is 28.3 Å². The second kappa shape index (κ2) is 30.7. The van der Waals surface area contributed by atoms with E-state index in [2.05, 4.69) is 48.2 Å². The first-order valence-corrected chi connectivity index (χ1v) is 26.2. The summed E-state index contributed by atoms with van der Waals surface area (Å²) in [5.74, 6) is -1.47. The van der Waals surface area contributed by atoms with Gasteiger partial charge in [0.15, 0.2) is 11.4 Å². The molecule has 0 aliphatic heterocycles. The van der Waals surface area contributed by atoms with E-state index in [4.69, 9.17) is 0 Å². The zero-order valence-electron chi connectivity index (χ0n) is 43.6. The fourth-order valence-corrected chi connectivity index (χ4v) is 8.65. The molecule has 0 bridgehead atoms. The Balaban J connectivity index is 1.59. The third-order valence-electron chi connectivity index (χ3n) is 13.0. The van der Waals surface area contributed by atoms with Crippen molar-refractivity contribution in [2.24, 2.45) is 20.5 Å². The largest absolute Gasteiger partial charge is 0.493 e. The molecule has 72 heavy (non-hydrogen) atoms. The van der Waals surface area contributed by atoms with Crippen LogP contribution in [0, 0.1) is 36.5 Å². The van der Waals surface area contributed by atoms with Crippen molar-refractivity contribution in [3.63, 3.8) is 0 Å². The molecule has 2 aromatic carbocycles. The standard InChI is InChI=1S/C56H76N10O6/c1-7-11-15-23-33-63(34-24-16-12-8-2)51(67)43-29-19-21-31-47(43)59-61-49-41(5)45(39-57)53(69)65(55(49)71)37-27-28-38-66-54(70)46(40-58)42(6)50(56(66)72)62-60-48-32-22-20-30-44(48)52(68)64(35-25-17-13-9-3)36-26-18-14-10-4/h19-22,29-32,69-70H,7-18,23-28,33-38H2,1-6H3. The first-order chi connectivity index (χ1) is 34.9. The summed E-state index contributed by atoms with van der Waals surface area (Å²) in [5, 5.41) is 59.9. The molecule has 0 spiro atoms. The van der Waals surface area contributed by atoms with E-state index < -0.39 is 22.9 Å². The van der Waals surface area contributed by atoms with Gasteiger partial charge in [0.05, 0.1) is 22.5 Å². The molecule has 2 amide bonds. The number of azo groups is 2. The van der Waals surface area contributed by atoms with Crippen LogP contribution in [0.15, 0.2) is 78.6 Å². The number of hydrogen-bond acceptors (Lipinski definition) is 12. The number of carbonyl (C=O) groups is 2. The van der Waals surface area contributed by atoms with Crippen molar-refractivity contribution in [3.05, 3.63) is 103 Å². The number of aromatic hydroxyl groups is 2. The van der Waals surface area contributed by atoms with Crippen LogP contribution in [-0.2, 0) is 13.1 Å². The zero-order chi connectivity index (χ0) is 52.4. The van der Waals surface area contributed by atoms with Gasteiger partial charge in [-0.1, -0.05) is 129 Å². The molecule has 0 atom stereocenters. The molecule has 0 saturated carbocycles. The Morgan fingerprint density at radius 2 is 0.819 bits per heavy atom. The van der Waals surface area contributed by atoms with Crippen LogP contribution in [0.25, 0.3) is 0 Å². The molecule has 0 saturated heterocycles. The number of unbranched alkanes of at least 4 members (excludes halogenated alkanes) is 13. The molecule has 2 heterocycles. The predicted octanol–water partition coefficient (Wildman–Crippen LogP) is 13.3. The maximum atomic E-state index is 14.0. The van der Waals surface area contributed by atoms with E-state index in [-0.39, 0.29) is 82.7 Å². The second-order valence-electron chi connectivity index (χ2n) is 18.5. The SMILES string of the molecule is CCCCCCN(CCCCCC)C(=O)c1ccccc1N=Nc1c(C)c(C#N)c(O)n(CCCCn2c(O)c(C#N)c(C)c(N=Nc3ccccc3C(=O)N(CCCCCC)CCCCCC)c2=O)c1=O. The van der Waals surface area contributed by atoms with E-state index in [1.807, 2.05) is 21.9 Å². The quantitative estimate of drug-likeness (QED) is 0.0364. The van der Waals surface area contributed by atoms with Crippen molar-refractivity contribution >= 4 is 34.6 Å². The van der Waals surface area contributed by atoms with Gasteiger partial charge in [0.2, 0.25) is 11.8 Å². The van der Waals surface area contributed by atoms with Crippen molar-refractivity contribution < 1.29 is 19.8 Å². The van der Waals surface area contributed by atoms with Crippen LogP contribution in [0.3, 0.4) is 0 Å². The maximum absolute atomic E-state index is 14.0. The average Bonchev–Trinajstić information content (AvgIpc) is 3.38. The lowest BCUT2D eigenvalue weighted by molar-refractivity contribution is 0.0742. The minimum absolute atomic E-state index is 0.111. The Morgan fingerprint density at radius 3 is 1.12 bits per heavy atom. The van der Waals surface area contributed by atoms with Crippen molar-refractivity contribution in [1.82, 2.24) is 18.9 Å². The summed E-state index contributed by atoms with van der Waals surface area (Å²) in [4.78, 5) is 59.9. The van der Waals surface area contributed by atoms with Crippen LogP contribution in [0.4, 0.5) is 22.7 Å². The third-order valence-corrected chi connectivity index (χ3v) is 13.0. The van der Waals surface area contributed by atoms with Crippen molar-refractivity contribution in [2.75, 3.05) is 26.2 Å². The Labute approximate surface area is 425 Å². The summed E-state index contributed by atoms with van der Waals surface area (Å²) in [5.41, 5.74) is -0.706. The van der Waals surface area contributed by atoms with Gasteiger partial charge in [0.1, 0.15) is 23.3 Å². The van der Waals surface area contributed by atoms with Crippen LogP contribution < -0.4 is 11.1 Å². The highest BCUT2D eigenvalue weighted by atomic mass is 16.3. The Bertz CT molecular complexity index is 2480. The molecule has 4 aromatic rings. The normalized spacial score (nSPS) is 11.3. The Kier molecular flexibility index (Phi) is 24.6. The second-order valence-corrected chi connectivity index (χ2v) is 18.5. The highest BCUT2D eigenvalue weighted by Crippen LogP contribution is 2.31. The lowest BCUT2D eigenvalue weighted by Gasteiger charge is -2.23. The number of amides is 2. The number of hydrogen-bond donors (Lipinski definition) is 2. The summed E-state index contributed by atoms with van der Waals surface area (Å²) in [7, 11) is 0. The minimum Gasteiger partial charge on any atom is -0.493 e. The predicted molar refractivity (Wildman–Crippen MR) is 282 cm³/mol. The van der Waals surface area contributed by atoms with E-state index in [1.54, 1.807) is 48.5 Å². The first-order valence-electron chi connectivity index (χ1n) is 26.2. The molecule has 0 aliphatic carbocycles.